The third kappa shape index (κ3) is 4.18. The van der Waals surface area contributed by atoms with E-state index in [0.29, 0.717) is 16.9 Å². The van der Waals surface area contributed by atoms with Crippen molar-refractivity contribution in [1.82, 2.24) is 0 Å². The molecule has 0 N–H and O–H groups in total. The highest BCUT2D eigenvalue weighted by Crippen LogP contribution is 2.57. The molecule has 3 saturated carbocycles. The minimum atomic E-state index is 0.453. The molecule has 0 heterocycles. The Labute approximate surface area is 164 Å². The van der Waals surface area contributed by atoms with Crippen molar-refractivity contribution in [3.05, 3.63) is 0 Å². The highest BCUT2D eigenvalue weighted by Gasteiger charge is 2.49. The first kappa shape index (κ1) is 20.7. The molecule has 26 heavy (non-hydrogen) atoms. The Balaban J connectivity index is 1.82. The van der Waals surface area contributed by atoms with Crippen LogP contribution in [0.15, 0.2) is 0 Å². The fourth-order valence-corrected chi connectivity index (χ4v) is 7.08. The molecule has 3 aliphatic carbocycles. The second-order valence-electron chi connectivity index (χ2n) is 12.5. The van der Waals surface area contributed by atoms with Crippen molar-refractivity contribution in [2.45, 2.75) is 99.5 Å². The lowest BCUT2D eigenvalue weighted by atomic mass is 9.55. The molecule has 3 fully saturated rings. The van der Waals surface area contributed by atoms with Gasteiger partial charge in [0.05, 0.1) is 6.10 Å². The van der Waals surface area contributed by atoms with E-state index in [4.69, 9.17) is 4.74 Å². The van der Waals surface area contributed by atoms with E-state index in [9.17, 15) is 0 Å². The summed E-state index contributed by atoms with van der Waals surface area (Å²) in [6, 6.07) is 0. The van der Waals surface area contributed by atoms with Gasteiger partial charge in [-0.15, -0.1) is 0 Å². The van der Waals surface area contributed by atoms with Crippen LogP contribution in [-0.2, 0) is 4.74 Å². The monoisotopic (exact) mass is 362 g/mol. The van der Waals surface area contributed by atoms with E-state index in [1.165, 1.54) is 44.9 Å². The summed E-state index contributed by atoms with van der Waals surface area (Å²) < 4.78 is 5.94. The quantitative estimate of drug-likeness (QED) is 0.504. The van der Waals surface area contributed by atoms with Crippen LogP contribution in [0, 0.1) is 52.3 Å². The molecule has 0 aliphatic heterocycles. The molecule has 0 amide bonds. The van der Waals surface area contributed by atoms with Crippen LogP contribution in [0.3, 0.4) is 0 Å². The Hall–Kier alpha value is -0.0400. The Morgan fingerprint density at radius 2 is 1.19 bits per heavy atom. The number of ether oxygens (including phenoxy) is 1. The lowest BCUT2D eigenvalue weighted by Gasteiger charge is -2.51. The molecule has 3 rings (SSSR count). The molecular formula is C25H46O. The number of hydrogen-bond donors (Lipinski definition) is 0. The van der Waals surface area contributed by atoms with Gasteiger partial charge in [0.2, 0.25) is 0 Å². The summed E-state index contributed by atoms with van der Waals surface area (Å²) in [5.74, 6) is 6.39. The smallest absolute Gasteiger partial charge is 0.0602 e. The fourth-order valence-electron chi connectivity index (χ4n) is 7.08. The molecule has 3 aliphatic rings. The minimum Gasteiger partial charge on any atom is -0.381 e. The van der Waals surface area contributed by atoms with E-state index in [0.717, 1.165) is 41.4 Å². The summed E-state index contributed by atoms with van der Waals surface area (Å²) in [4.78, 5) is 0. The Morgan fingerprint density at radius 3 is 1.69 bits per heavy atom. The topological polar surface area (TPSA) is 9.23 Å². The Bertz CT molecular complexity index is 446. The van der Waals surface area contributed by atoms with E-state index < -0.39 is 0 Å². The molecular weight excluding hydrogens is 316 g/mol. The molecule has 0 aromatic rings. The predicted octanol–water partition coefficient (Wildman–Crippen LogP) is 7.20. The number of methoxy groups -OCH3 is 1. The van der Waals surface area contributed by atoms with Crippen LogP contribution in [0.5, 0.6) is 0 Å². The van der Waals surface area contributed by atoms with Gasteiger partial charge in [-0.05, 0) is 97.2 Å². The zero-order valence-corrected chi connectivity index (χ0v) is 19.0. The van der Waals surface area contributed by atoms with Crippen LogP contribution in [0.25, 0.3) is 0 Å². The van der Waals surface area contributed by atoms with Gasteiger partial charge < -0.3 is 4.74 Å². The van der Waals surface area contributed by atoms with Gasteiger partial charge >= 0.3 is 0 Å². The summed E-state index contributed by atoms with van der Waals surface area (Å²) in [6.07, 6.45) is 10.6. The van der Waals surface area contributed by atoms with Gasteiger partial charge in [0.15, 0.2) is 0 Å². The van der Waals surface area contributed by atoms with E-state index in [1.54, 1.807) is 0 Å². The van der Waals surface area contributed by atoms with Crippen LogP contribution >= 0.6 is 0 Å². The summed E-state index contributed by atoms with van der Waals surface area (Å²) in [5, 5.41) is 0. The molecule has 7 atom stereocenters. The molecule has 0 saturated heterocycles. The molecule has 1 heteroatoms. The first-order chi connectivity index (χ1) is 12.0. The molecule has 152 valence electrons. The van der Waals surface area contributed by atoms with E-state index in [-0.39, 0.29) is 0 Å². The average Bonchev–Trinajstić information content (AvgIpc) is 2.93. The molecule has 0 bridgehead atoms. The average molecular weight is 363 g/mol. The number of rotatable bonds is 2. The lowest BCUT2D eigenvalue weighted by molar-refractivity contribution is -0.0517. The fraction of sp³-hybridized carbons (Fsp3) is 1.00. The highest BCUT2D eigenvalue weighted by molar-refractivity contribution is 4.99. The van der Waals surface area contributed by atoms with Gasteiger partial charge in [0.1, 0.15) is 0 Å². The van der Waals surface area contributed by atoms with Crippen LogP contribution in [0.4, 0.5) is 0 Å². The highest BCUT2D eigenvalue weighted by atomic mass is 16.5. The zero-order chi connectivity index (χ0) is 19.3. The Morgan fingerprint density at radius 1 is 0.654 bits per heavy atom. The maximum Gasteiger partial charge on any atom is 0.0602 e. The second-order valence-corrected chi connectivity index (χ2v) is 12.5. The van der Waals surface area contributed by atoms with Crippen molar-refractivity contribution in [3.63, 3.8) is 0 Å². The molecule has 0 spiro atoms. The van der Waals surface area contributed by atoms with Crippen molar-refractivity contribution >= 4 is 0 Å². The van der Waals surface area contributed by atoms with E-state index >= 15 is 0 Å². The summed E-state index contributed by atoms with van der Waals surface area (Å²) in [5.41, 5.74) is 0.905. The minimum absolute atomic E-state index is 0.453. The molecule has 6 unspecified atom stereocenters. The largest absolute Gasteiger partial charge is 0.381 e. The van der Waals surface area contributed by atoms with Crippen molar-refractivity contribution in [2.75, 3.05) is 7.11 Å². The standard InChI is InChI=1S/C25H46O/c1-16-11-21-20(9-10-23(26-8)22(21)12-16)17-13-18(24(2,3)4)15-19(14-17)25(5,6)7/h16-23H,9-15H2,1-8H3/t16?,17?,18?,19?,20-,21?,22?,23?/m1/s1. The first-order valence-electron chi connectivity index (χ1n) is 11.5. The zero-order valence-electron chi connectivity index (χ0n) is 19.0. The molecule has 0 radical (unpaired) electrons. The second kappa shape index (κ2) is 7.41. The first-order valence-corrected chi connectivity index (χ1v) is 11.5. The normalized spacial score (nSPS) is 44.8. The number of fused-ring (bicyclic) bond motifs is 1. The predicted molar refractivity (Wildman–Crippen MR) is 112 cm³/mol. The van der Waals surface area contributed by atoms with Crippen LogP contribution in [-0.4, -0.2) is 13.2 Å². The molecule has 0 aromatic heterocycles. The summed E-state index contributed by atoms with van der Waals surface area (Å²) in [6.45, 7) is 17.4. The van der Waals surface area contributed by atoms with Crippen molar-refractivity contribution in [1.29, 1.82) is 0 Å². The van der Waals surface area contributed by atoms with Crippen LogP contribution in [0.2, 0.25) is 0 Å². The molecule has 1 nitrogen and oxygen atoms in total. The maximum atomic E-state index is 5.94. The third-order valence-corrected chi connectivity index (χ3v) is 8.81. The third-order valence-electron chi connectivity index (χ3n) is 8.81. The van der Waals surface area contributed by atoms with Gasteiger partial charge in [0.25, 0.3) is 0 Å². The van der Waals surface area contributed by atoms with Gasteiger partial charge in [-0.1, -0.05) is 48.5 Å². The SMILES string of the molecule is COC1CC[C@H](C2CC(C(C)(C)C)CC(C(C)(C)C)C2)C2CC(C)CC12. The summed E-state index contributed by atoms with van der Waals surface area (Å²) >= 11 is 0. The maximum absolute atomic E-state index is 5.94. The van der Waals surface area contributed by atoms with Gasteiger partial charge in [0, 0.05) is 7.11 Å². The van der Waals surface area contributed by atoms with Crippen LogP contribution in [0.1, 0.15) is 93.4 Å². The van der Waals surface area contributed by atoms with Crippen molar-refractivity contribution in [3.8, 4) is 0 Å². The lowest BCUT2D eigenvalue weighted by Crippen LogP contribution is -2.44. The van der Waals surface area contributed by atoms with Crippen molar-refractivity contribution < 1.29 is 4.74 Å². The van der Waals surface area contributed by atoms with E-state index in [2.05, 4.69) is 48.5 Å². The Kier molecular flexibility index (Phi) is 5.90. The van der Waals surface area contributed by atoms with E-state index in [1.807, 2.05) is 7.11 Å². The number of hydrogen-bond acceptors (Lipinski definition) is 1. The molecule has 0 aromatic carbocycles. The van der Waals surface area contributed by atoms with Crippen molar-refractivity contribution in [2.24, 2.45) is 52.3 Å². The van der Waals surface area contributed by atoms with Gasteiger partial charge in [-0.2, -0.15) is 0 Å². The van der Waals surface area contributed by atoms with Gasteiger partial charge in [-0.3, -0.25) is 0 Å². The van der Waals surface area contributed by atoms with Gasteiger partial charge in [-0.25, -0.2) is 0 Å². The van der Waals surface area contributed by atoms with Crippen LogP contribution < -0.4 is 0 Å². The summed E-state index contributed by atoms with van der Waals surface area (Å²) in [7, 11) is 1.96.